The molecule has 0 aliphatic carbocycles. The van der Waals surface area contributed by atoms with Crippen LogP contribution in [-0.2, 0) is 6.42 Å². The molecular formula is C15H15NO2. The van der Waals surface area contributed by atoms with E-state index in [2.05, 4.69) is 5.32 Å². The molecule has 0 bridgehead atoms. The average Bonchev–Trinajstić information content (AvgIpc) is 2.39. The monoisotopic (exact) mass is 241 g/mol. The normalized spacial score (nSPS) is 17.9. The van der Waals surface area contributed by atoms with Crippen molar-refractivity contribution in [3.63, 3.8) is 0 Å². The van der Waals surface area contributed by atoms with Crippen molar-refractivity contribution in [3.8, 4) is 11.5 Å². The Labute approximate surface area is 106 Å². The molecule has 18 heavy (non-hydrogen) atoms. The molecule has 2 aromatic rings. The molecule has 2 aromatic carbocycles. The summed E-state index contributed by atoms with van der Waals surface area (Å²) in [6, 6.07) is 13.0. The molecule has 0 aromatic heterocycles. The SMILES string of the molecule is Oc1ccc(C2CCc3cc(O)ccc3N2)cc1. The van der Waals surface area contributed by atoms with E-state index < -0.39 is 0 Å². The Morgan fingerprint density at radius 1 is 0.944 bits per heavy atom. The van der Waals surface area contributed by atoms with Crippen LogP contribution in [0, 0.1) is 0 Å². The third kappa shape index (κ3) is 1.99. The smallest absolute Gasteiger partial charge is 0.116 e. The Morgan fingerprint density at radius 3 is 2.44 bits per heavy atom. The fourth-order valence-corrected chi connectivity index (χ4v) is 2.44. The van der Waals surface area contributed by atoms with Gasteiger partial charge in [0.05, 0.1) is 6.04 Å². The topological polar surface area (TPSA) is 52.5 Å². The van der Waals surface area contributed by atoms with E-state index >= 15 is 0 Å². The van der Waals surface area contributed by atoms with Crippen molar-refractivity contribution in [3.05, 3.63) is 53.6 Å². The van der Waals surface area contributed by atoms with Crippen LogP contribution in [0.3, 0.4) is 0 Å². The summed E-state index contributed by atoms with van der Waals surface area (Å²) in [5.74, 6) is 0.610. The minimum absolute atomic E-state index is 0.266. The molecule has 1 atom stereocenters. The number of anilines is 1. The Bertz CT molecular complexity index is 563. The quantitative estimate of drug-likeness (QED) is 0.672. The summed E-state index contributed by atoms with van der Waals surface area (Å²) >= 11 is 0. The number of fused-ring (bicyclic) bond motifs is 1. The number of nitrogens with one attached hydrogen (secondary N) is 1. The minimum Gasteiger partial charge on any atom is -0.508 e. The van der Waals surface area contributed by atoms with Crippen LogP contribution in [0.5, 0.6) is 11.5 Å². The molecule has 0 saturated heterocycles. The van der Waals surface area contributed by atoms with E-state index in [9.17, 15) is 10.2 Å². The molecule has 3 heteroatoms. The highest BCUT2D eigenvalue weighted by Gasteiger charge is 2.19. The lowest BCUT2D eigenvalue weighted by Crippen LogP contribution is -2.17. The van der Waals surface area contributed by atoms with Crippen molar-refractivity contribution in [1.82, 2.24) is 0 Å². The van der Waals surface area contributed by atoms with Gasteiger partial charge in [-0.2, -0.15) is 0 Å². The van der Waals surface area contributed by atoms with Gasteiger partial charge in [-0.25, -0.2) is 0 Å². The third-order valence-corrected chi connectivity index (χ3v) is 3.42. The zero-order valence-corrected chi connectivity index (χ0v) is 9.93. The van der Waals surface area contributed by atoms with Gasteiger partial charge in [0.25, 0.3) is 0 Å². The number of rotatable bonds is 1. The second kappa shape index (κ2) is 4.26. The molecule has 3 nitrogen and oxygen atoms in total. The first-order chi connectivity index (χ1) is 8.72. The van der Waals surface area contributed by atoms with E-state index in [1.54, 1.807) is 18.2 Å². The van der Waals surface area contributed by atoms with E-state index in [1.807, 2.05) is 24.3 Å². The largest absolute Gasteiger partial charge is 0.508 e. The number of hydrogen-bond acceptors (Lipinski definition) is 3. The van der Waals surface area contributed by atoms with E-state index in [-0.39, 0.29) is 6.04 Å². The summed E-state index contributed by atoms with van der Waals surface area (Å²) in [7, 11) is 0. The second-order valence-electron chi connectivity index (χ2n) is 4.67. The predicted octanol–water partition coefficient (Wildman–Crippen LogP) is 3.20. The van der Waals surface area contributed by atoms with Gasteiger partial charge in [-0.1, -0.05) is 12.1 Å². The van der Waals surface area contributed by atoms with Gasteiger partial charge in [0.2, 0.25) is 0 Å². The van der Waals surface area contributed by atoms with Gasteiger partial charge < -0.3 is 15.5 Å². The number of benzene rings is 2. The van der Waals surface area contributed by atoms with Crippen LogP contribution in [0.25, 0.3) is 0 Å². The Kier molecular flexibility index (Phi) is 2.59. The lowest BCUT2D eigenvalue weighted by Gasteiger charge is -2.27. The lowest BCUT2D eigenvalue weighted by atomic mass is 9.93. The second-order valence-corrected chi connectivity index (χ2v) is 4.67. The first kappa shape index (κ1) is 11.0. The number of aromatic hydroxyl groups is 2. The maximum atomic E-state index is 9.45. The molecule has 3 N–H and O–H groups in total. The summed E-state index contributed by atoms with van der Waals surface area (Å²) in [4.78, 5) is 0. The Morgan fingerprint density at radius 2 is 1.67 bits per heavy atom. The maximum Gasteiger partial charge on any atom is 0.116 e. The van der Waals surface area contributed by atoms with E-state index in [1.165, 1.54) is 5.56 Å². The molecule has 1 aliphatic rings. The van der Waals surface area contributed by atoms with Crippen molar-refractivity contribution >= 4 is 5.69 Å². The van der Waals surface area contributed by atoms with Gasteiger partial charge in [-0.15, -0.1) is 0 Å². The highest BCUT2D eigenvalue weighted by atomic mass is 16.3. The molecule has 0 radical (unpaired) electrons. The molecule has 1 heterocycles. The summed E-state index contributed by atoms with van der Waals surface area (Å²) in [5, 5.41) is 22.2. The van der Waals surface area contributed by atoms with Gasteiger partial charge in [-0.05, 0) is 54.3 Å². The fraction of sp³-hybridized carbons (Fsp3) is 0.200. The molecule has 0 saturated carbocycles. The summed E-state index contributed by atoms with van der Waals surface area (Å²) < 4.78 is 0. The number of hydrogen-bond donors (Lipinski definition) is 3. The summed E-state index contributed by atoms with van der Waals surface area (Å²) in [6.07, 6.45) is 1.93. The zero-order chi connectivity index (χ0) is 12.5. The van der Waals surface area contributed by atoms with Gasteiger partial charge in [0.15, 0.2) is 0 Å². The standard InChI is InChI=1S/C15H15NO2/c17-12-4-1-10(2-5-12)14-7-3-11-9-13(18)6-8-15(11)16-14/h1-2,4-6,8-9,14,16-18H,3,7H2. The van der Waals surface area contributed by atoms with Gasteiger partial charge >= 0.3 is 0 Å². The van der Waals surface area contributed by atoms with E-state index in [4.69, 9.17) is 0 Å². The lowest BCUT2D eigenvalue weighted by molar-refractivity contribution is 0.473. The van der Waals surface area contributed by atoms with Crippen molar-refractivity contribution in [2.24, 2.45) is 0 Å². The Balaban J connectivity index is 1.86. The van der Waals surface area contributed by atoms with E-state index in [0.717, 1.165) is 24.1 Å². The van der Waals surface area contributed by atoms with Crippen LogP contribution in [0.15, 0.2) is 42.5 Å². The van der Waals surface area contributed by atoms with Crippen LogP contribution >= 0.6 is 0 Å². The average molecular weight is 241 g/mol. The first-order valence-electron chi connectivity index (χ1n) is 6.10. The first-order valence-corrected chi connectivity index (χ1v) is 6.10. The van der Waals surface area contributed by atoms with Crippen LogP contribution in [-0.4, -0.2) is 10.2 Å². The van der Waals surface area contributed by atoms with Gasteiger partial charge in [-0.3, -0.25) is 0 Å². The molecule has 1 aliphatic heterocycles. The van der Waals surface area contributed by atoms with Crippen LogP contribution in [0.2, 0.25) is 0 Å². The molecule has 92 valence electrons. The third-order valence-electron chi connectivity index (χ3n) is 3.42. The highest BCUT2D eigenvalue weighted by Crippen LogP contribution is 2.34. The van der Waals surface area contributed by atoms with E-state index in [0.29, 0.717) is 11.5 Å². The fourth-order valence-electron chi connectivity index (χ4n) is 2.44. The molecule has 3 rings (SSSR count). The number of aryl methyl sites for hydroxylation is 1. The highest BCUT2D eigenvalue weighted by molar-refractivity contribution is 5.57. The summed E-state index contributed by atoms with van der Waals surface area (Å²) in [6.45, 7) is 0. The minimum atomic E-state index is 0.266. The van der Waals surface area contributed by atoms with Crippen molar-refractivity contribution in [1.29, 1.82) is 0 Å². The van der Waals surface area contributed by atoms with Crippen molar-refractivity contribution in [2.45, 2.75) is 18.9 Å². The molecule has 0 fully saturated rings. The van der Waals surface area contributed by atoms with Gasteiger partial charge in [0, 0.05) is 5.69 Å². The zero-order valence-electron chi connectivity index (χ0n) is 9.93. The van der Waals surface area contributed by atoms with Gasteiger partial charge in [0.1, 0.15) is 11.5 Å². The Hall–Kier alpha value is -2.16. The number of phenolic OH excluding ortho intramolecular Hbond substituents is 2. The van der Waals surface area contributed by atoms with Crippen LogP contribution < -0.4 is 5.32 Å². The van der Waals surface area contributed by atoms with Crippen LogP contribution in [0.1, 0.15) is 23.6 Å². The molecule has 0 amide bonds. The molecule has 1 unspecified atom stereocenters. The van der Waals surface area contributed by atoms with Crippen LogP contribution in [0.4, 0.5) is 5.69 Å². The summed E-state index contributed by atoms with van der Waals surface area (Å²) in [5.41, 5.74) is 3.41. The molecule has 0 spiro atoms. The van der Waals surface area contributed by atoms with Crippen molar-refractivity contribution in [2.75, 3.05) is 5.32 Å². The molecular weight excluding hydrogens is 226 g/mol. The van der Waals surface area contributed by atoms with Crippen molar-refractivity contribution < 1.29 is 10.2 Å². The number of phenols is 2. The maximum absolute atomic E-state index is 9.45. The predicted molar refractivity (Wildman–Crippen MR) is 70.9 cm³/mol.